The van der Waals surface area contributed by atoms with Crippen molar-refractivity contribution in [2.45, 2.75) is 6.92 Å². The Morgan fingerprint density at radius 3 is 2.39 bits per heavy atom. The minimum Gasteiger partial charge on any atom is -0.364 e. The molecule has 1 heterocycles. The monoisotopic (exact) mass is 285 g/mol. The summed E-state index contributed by atoms with van der Waals surface area (Å²) in [4.78, 5) is 22.8. The summed E-state index contributed by atoms with van der Waals surface area (Å²) in [7, 11) is 0. The molecule has 1 aromatic rings. The molecule has 5 nitrogen and oxygen atoms in total. The Labute approximate surface area is 113 Å². The molecule has 0 atom stereocenters. The van der Waals surface area contributed by atoms with Crippen molar-refractivity contribution in [3.63, 3.8) is 0 Å². The third-order valence-electron chi connectivity index (χ3n) is 2.41. The molecule has 0 fully saturated rings. The van der Waals surface area contributed by atoms with Gasteiger partial charge in [-0.15, -0.1) is 0 Å². The van der Waals surface area contributed by atoms with Crippen LogP contribution in [0.5, 0.6) is 0 Å². The first-order valence-corrected chi connectivity index (χ1v) is 5.74. The van der Waals surface area contributed by atoms with E-state index in [2.05, 4.69) is 10.6 Å². The molecule has 0 aromatic heterocycles. The third kappa shape index (κ3) is 2.14. The minimum absolute atomic E-state index is 0.00617. The summed E-state index contributed by atoms with van der Waals surface area (Å²) in [5, 5.41) is 6.31. The highest BCUT2D eigenvalue weighted by Gasteiger charge is 2.25. The van der Waals surface area contributed by atoms with Gasteiger partial charge in [0, 0.05) is 11.9 Å². The lowest BCUT2D eigenvalue weighted by molar-refractivity contribution is -0.116. The maximum Gasteiger partial charge on any atom is 0.267 e. The maximum atomic E-state index is 11.5. The molecule has 1 amide bonds. The predicted molar refractivity (Wildman–Crippen MR) is 70.6 cm³/mol. The first kappa shape index (κ1) is 12.7. The minimum atomic E-state index is -0.741. The van der Waals surface area contributed by atoms with Crippen LogP contribution in [0.3, 0.4) is 0 Å². The molecular weight excluding hydrogens is 277 g/mol. The van der Waals surface area contributed by atoms with Crippen molar-refractivity contribution in [3.05, 3.63) is 33.6 Å². The molecule has 18 heavy (non-hydrogen) atoms. The average Bonchev–Trinajstić information content (AvgIpc) is 2.26. The third-order valence-corrected chi connectivity index (χ3v) is 2.93. The maximum absolute atomic E-state index is 11.5. The number of hydrogen-bond donors (Lipinski definition) is 3. The Bertz CT molecular complexity index is 596. The average molecular weight is 286 g/mol. The fourth-order valence-corrected chi connectivity index (χ4v) is 2.17. The quantitative estimate of drug-likeness (QED) is 0.777. The van der Waals surface area contributed by atoms with Crippen molar-refractivity contribution in [1.82, 2.24) is 0 Å². The van der Waals surface area contributed by atoms with Gasteiger partial charge in [-0.25, -0.2) is 0 Å². The van der Waals surface area contributed by atoms with E-state index in [1.54, 1.807) is 6.07 Å². The van der Waals surface area contributed by atoms with Gasteiger partial charge in [-0.2, -0.15) is 0 Å². The number of ketones is 1. The Balaban J connectivity index is 2.57. The fraction of sp³-hybridized carbons (Fsp3) is 0.0909. The number of hydrogen-bond acceptors (Lipinski definition) is 4. The van der Waals surface area contributed by atoms with Gasteiger partial charge in [0.15, 0.2) is 5.78 Å². The van der Waals surface area contributed by atoms with Crippen LogP contribution in [0.2, 0.25) is 10.0 Å². The SMILES string of the molecule is CC(=O)C1=C(C(N)=O)Nc2cc(Cl)cc(Cl)c2N1. The highest BCUT2D eigenvalue weighted by Crippen LogP contribution is 2.38. The van der Waals surface area contributed by atoms with Gasteiger partial charge in [-0.1, -0.05) is 23.2 Å². The summed E-state index contributed by atoms with van der Waals surface area (Å²) in [6.45, 7) is 1.32. The van der Waals surface area contributed by atoms with Gasteiger partial charge in [0.05, 0.1) is 16.4 Å². The number of rotatable bonds is 2. The number of allylic oxidation sites excluding steroid dienone is 1. The summed E-state index contributed by atoms with van der Waals surface area (Å²) in [6, 6.07) is 3.11. The van der Waals surface area contributed by atoms with Crippen LogP contribution in [0.4, 0.5) is 11.4 Å². The zero-order valence-electron chi connectivity index (χ0n) is 9.30. The van der Waals surface area contributed by atoms with Gasteiger partial charge in [0.1, 0.15) is 11.4 Å². The summed E-state index contributed by atoms with van der Waals surface area (Å²) in [6.07, 6.45) is 0. The second-order valence-corrected chi connectivity index (χ2v) is 4.57. The smallest absolute Gasteiger partial charge is 0.267 e. The fourth-order valence-electron chi connectivity index (χ4n) is 1.63. The summed E-state index contributed by atoms with van der Waals surface area (Å²) in [5.41, 5.74) is 6.26. The molecule has 0 spiro atoms. The lowest BCUT2D eigenvalue weighted by Gasteiger charge is -2.24. The van der Waals surface area contributed by atoms with Crippen molar-refractivity contribution in [2.24, 2.45) is 5.73 Å². The molecule has 0 aliphatic carbocycles. The van der Waals surface area contributed by atoms with Gasteiger partial charge >= 0.3 is 0 Å². The van der Waals surface area contributed by atoms with Crippen LogP contribution >= 0.6 is 23.2 Å². The van der Waals surface area contributed by atoms with E-state index in [1.807, 2.05) is 0 Å². The molecule has 0 radical (unpaired) electrons. The van der Waals surface area contributed by atoms with Crippen LogP contribution in [0.1, 0.15) is 6.92 Å². The highest BCUT2D eigenvalue weighted by molar-refractivity contribution is 6.37. The molecule has 1 aliphatic rings. The molecular formula is C11H9Cl2N3O2. The Morgan fingerprint density at radius 1 is 1.17 bits per heavy atom. The number of amides is 1. The lowest BCUT2D eigenvalue weighted by Crippen LogP contribution is -2.30. The van der Waals surface area contributed by atoms with E-state index in [1.165, 1.54) is 13.0 Å². The lowest BCUT2D eigenvalue weighted by atomic mass is 10.1. The molecule has 0 bridgehead atoms. The number of benzene rings is 1. The zero-order chi connectivity index (χ0) is 13.4. The Kier molecular flexibility index (Phi) is 3.19. The number of primary amides is 1. The topological polar surface area (TPSA) is 84.2 Å². The van der Waals surface area contributed by atoms with Crippen LogP contribution in [0, 0.1) is 0 Å². The molecule has 0 unspecified atom stereocenters. The second-order valence-electron chi connectivity index (χ2n) is 3.73. The van der Waals surface area contributed by atoms with E-state index in [4.69, 9.17) is 28.9 Å². The van der Waals surface area contributed by atoms with Crippen LogP contribution in [-0.2, 0) is 9.59 Å². The van der Waals surface area contributed by atoms with Gasteiger partial charge in [-0.05, 0) is 12.1 Å². The van der Waals surface area contributed by atoms with Crippen molar-refractivity contribution in [1.29, 1.82) is 0 Å². The van der Waals surface area contributed by atoms with Crippen LogP contribution in [0.15, 0.2) is 23.5 Å². The normalized spacial score (nSPS) is 13.5. The summed E-state index contributed by atoms with van der Waals surface area (Å²) in [5.74, 6) is -1.07. The number of anilines is 2. The second kappa shape index (κ2) is 4.51. The van der Waals surface area contributed by atoms with E-state index in [0.29, 0.717) is 21.4 Å². The van der Waals surface area contributed by atoms with Crippen LogP contribution in [-0.4, -0.2) is 11.7 Å². The summed E-state index contributed by atoms with van der Waals surface area (Å²) >= 11 is 11.9. The van der Waals surface area contributed by atoms with Crippen molar-refractivity contribution >= 4 is 46.3 Å². The Morgan fingerprint density at radius 2 is 1.83 bits per heavy atom. The van der Waals surface area contributed by atoms with Crippen LogP contribution < -0.4 is 16.4 Å². The molecule has 7 heteroatoms. The molecule has 0 saturated carbocycles. The largest absolute Gasteiger partial charge is 0.364 e. The zero-order valence-corrected chi connectivity index (χ0v) is 10.8. The van der Waals surface area contributed by atoms with E-state index >= 15 is 0 Å². The number of nitrogens with one attached hydrogen (secondary N) is 2. The van der Waals surface area contributed by atoms with Crippen molar-refractivity contribution in [3.8, 4) is 0 Å². The van der Waals surface area contributed by atoms with E-state index in [-0.39, 0.29) is 17.2 Å². The number of nitrogens with two attached hydrogens (primary N) is 1. The van der Waals surface area contributed by atoms with E-state index in [0.717, 1.165) is 0 Å². The van der Waals surface area contributed by atoms with Gasteiger partial charge in [-0.3, -0.25) is 9.59 Å². The highest BCUT2D eigenvalue weighted by atomic mass is 35.5. The Hall–Kier alpha value is -1.72. The van der Waals surface area contributed by atoms with Crippen molar-refractivity contribution < 1.29 is 9.59 Å². The standard InChI is InChI=1S/C11H9Cl2N3O2/c1-4(17)8-10(11(14)18)15-7-3-5(12)2-6(13)9(7)16-8/h2-3,15-16H,1H3,(H2,14,18). The number of carbonyl (C=O) groups is 2. The van der Waals surface area contributed by atoms with Gasteiger partial charge in [0.2, 0.25) is 0 Å². The number of carbonyl (C=O) groups excluding carboxylic acids is 2. The molecule has 2 rings (SSSR count). The molecule has 94 valence electrons. The first-order valence-electron chi connectivity index (χ1n) is 4.98. The number of fused-ring (bicyclic) bond motifs is 1. The number of halogens is 2. The van der Waals surface area contributed by atoms with Gasteiger partial charge in [0.25, 0.3) is 5.91 Å². The molecule has 4 N–H and O–H groups in total. The number of Topliss-reactive ketones (excluding diaryl/α,β-unsaturated/α-hetero) is 1. The predicted octanol–water partition coefficient (Wildman–Crippen LogP) is 2.12. The summed E-state index contributed by atoms with van der Waals surface area (Å²) < 4.78 is 0. The molecule has 1 aliphatic heterocycles. The first-order chi connectivity index (χ1) is 8.40. The van der Waals surface area contributed by atoms with Crippen molar-refractivity contribution in [2.75, 3.05) is 10.6 Å². The molecule has 1 aromatic carbocycles. The van der Waals surface area contributed by atoms with Crippen LogP contribution in [0.25, 0.3) is 0 Å². The van der Waals surface area contributed by atoms with Gasteiger partial charge < -0.3 is 16.4 Å². The molecule has 0 saturated heterocycles. The van der Waals surface area contributed by atoms with E-state index < -0.39 is 5.91 Å². The van der Waals surface area contributed by atoms with E-state index in [9.17, 15) is 9.59 Å².